The van der Waals surface area contributed by atoms with E-state index in [1.807, 2.05) is 6.07 Å². The minimum atomic E-state index is -1.04. The summed E-state index contributed by atoms with van der Waals surface area (Å²) in [6, 6.07) is 18.3. The Kier molecular flexibility index (Phi) is 7.02. The topological polar surface area (TPSA) is 66.8 Å². The Hall–Kier alpha value is -2.93. The third kappa shape index (κ3) is 5.12. The molecule has 1 N–H and O–H groups in total. The first-order chi connectivity index (χ1) is 17.3. The van der Waals surface area contributed by atoms with Crippen LogP contribution in [0.5, 0.6) is 0 Å². The molecule has 0 unspecified atom stereocenters. The Labute approximate surface area is 218 Å². The molecule has 0 bridgehead atoms. The highest BCUT2D eigenvalue weighted by atomic mass is 35.5. The van der Waals surface area contributed by atoms with Crippen LogP contribution in [-0.4, -0.2) is 34.0 Å². The van der Waals surface area contributed by atoms with Gasteiger partial charge < -0.3 is 14.7 Å². The second kappa shape index (κ2) is 10.2. The number of carbonyl (C=O) groups is 2. The van der Waals surface area contributed by atoms with Crippen LogP contribution in [0.2, 0.25) is 10.0 Å². The first kappa shape index (κ1) is 24.8. The molecule has 3 aromatic carbocycles. The molecule has 1 aliphatic heterocycles. The lowest BCUT2D eigenvalue weighted by Crippen LogP contribution is -2.58. The van der Waals surface area contributed by atoms with Gasteiger partial charge in [0.05, 0.1) is 6.04 Å². The number of amides is 1. The highest BCUT2D eigenvalue weighted by molar-refractivity contribution is 6.30. The number of ether oxygens (including phenoxy) is 1. The van der Waals surface area contributed by atoms with E-state index in [1.165, 1.54) is 17.0 Å². The third-order valence-corrected chi connectivity index (χ3v) is 7.26. The second-order valence-corrected chi connectivity index (χ2v) is 10.2. The van der Waals surface area contributed by atoms with Gasteiger partial charge in [-0.2, -0.15) is 0 Å². The summed E-state index contributed by atoms with van der Waals surface area (Å²) in [7, 11) is 0. The van der Waals surface area contributed by atoms with Crippen molar-refractivity contribution in [1.29, 1.82) is 0 Å². The fraction of sp³-hybridized carbons (Fsp3) is 0.286. The van der Waals surface area contributed by atoms with E-state index >= 15 is 0 Å². The summed E-state index contributed by atoms with van der Waals surface area (Å²) in [6.45, 7) is 0. The van der Waals surface area contributed by atoms with Gasteiger partial charge in [-0.05, 0) is 71.8 Å². The molecule has 186 valence electrons. The zero-order valence-electron chi connectivity index (χ0n) is 19.2. The SMILES string of the molecule is O=C(O)[C@@H](C1CC1)N1C(=O)[C@@H](Cc2ccc(F)cc2)O[C@H](c2cccc(Cl)c2)[C@@H]1c1ccc(Cl)cc1. The molecule has 1 saturated heterocycles. The summed E-state index contributed by atoms with van der Waals surface area (Å²) < 4.78 is 20.0. The molecule has 0 spiro atoms. The van der Waals surface area contributed by atoms with E-state index in [1.54, 1.807) is 54.6 Å². The average Bonchev–Trinajstić information content (AvgIpc) is 3.68. The van der Waals surface area contributed by atoms with Crippen molar-refractivity contribution in [2.75, 3.05) is 0 Å². The van der Waals surface area contributed by atoms with Crippen LogP contribution < -0.4 is 0 Å². The normalized spacial score (nSPS) is 22.9. The van der Waals surface area contributed by atoms with Crippen LogP contribution >= 0.6 is 23.2 Å². The fourth-order valence-corrected chi connectivity index (χ4v) is 5.26. The summed E-state index contributed by atoms with van der Waals surface area (Å²) in [5, 5.41) is 11.3. The van der Waals surface area contributed by atoms with Crippen LogP contribution in [0.1, 0.15) is 41.7 Å². The summed E-state index contributed by atoms with van der Waals surface area (Å²) >= 11 is 12.5. The van der Waals surface area contributed by atoms with Gasteiger partial charge in [-0.15, -0.1) is 0 Å². The van der Waals surface area contributed by atoms with Gasteiger partial charge >= 0.3 is 5.97 Å². The number of rotatable bonds is 7. The molecule has 1 amide bonds. The number of halogens is 3. The monoisotopic (exact) mass is 527 g/mol. The van der Waals surface area contributed by atoms with E-state index in [0.29, 0.717) is 21.2 Å². The van der Waals surface area contributed by atoms with Crippen molar-refractivity contribution in [3.05, 3.63) is 105 Å². The number of benzene rings is 3. The van der Waals surface area contributed by atoms with E-state index in [4.69, 9.17) is 27.9 Å². The smallest absolute Gasteiger partial charge is 0.326 e. The number of carbonyl (C=O) groups excluding carboxylic acids is 1. The molecule has 1 aliphatic carbocycles. The minimum absolute atomic E-state index is 0.133. The summed E-state index contributed by atoms with van der Waals surface area (Å²) in [5.74, 6) is -1.96. The molecule has 5 nitrogen and oxygen atoms in total. The van der Waals surface area contributed by atoms with Crippen molar-refractivity contribution in [1.82, 2.24) is 4.90 Å². The van der Waals surface area contributed by atoms with Crippen LogP contribution in [0.4, 0.5) is 4.39 Å². The fourth-order valence-electron chi connectivity index (χ4n) is 4.94. The van der Waals surface area contributed by atoms with Crippen molar-refractivity contribution in [2.45, 2.75) is 43.6 Å². The maximum Gasteiger partial charge on any atom is 0.326 e. The second-order valence-electron chi connectivity index (χ2n) is 9.29. The quantitative estimate of drug-likeness (QED) is 0.394. The van der Waals surface area contributed by atoms with Crippen LogP contribution in [0.3, 0.4) is 0 Å². The minimum Gasteiger partial charge on any atom is -0.480 e. The molecule has 2 aliphatic rings. The van der Waals surface area contributed by atoms with Gasteiger partial charge in [0.15, 0.2) is 0 Å². The molecule has 4 atom stereocenters. The number of hydrogen-bond donors (Lipinski definition) is 1. The lowest BCUT2D eigenvalue weighted by molar-refractivity contribution is -0.185. The van der Waals surface area contributed by atoms with Crippen LogP contribution in [0.25, 0.3) is 0 Å². The summed E-state index contributed by atoms with van der Waals surface area (Å²) in [6.07, 6.45) is 0.00717. The Balaban J connectivity index is 1.63. The lowest BCUT2D eigenvalue weighted by atomic mass is 9.88. The zero-order valence-corrected chi connectivity index (χ0v) is 20.7. The van der Waals surface area contributed by atoms with Crippen molar-refractivity contribution in [3.63, 3.8) is 0 Å². The van der Waals surface area contributed by atoms with Crippen LogP contribution in [-0.2, 0) is 20.7 Å². The van der Waals surface area contributed by atoms with Crippen molar-refractivity contribution >= 4 is 35.1 Å². The van der Waals surface area contributed by atoms with Gasteiger partial charge in [-0.3, -0.25) is 4.79 Å². The first-order valence-corrected chi connectivity index (χ1v) is 12.5. The first-order valence-electron chi connectivity index (χ1n) is 11.8. The molecule has 5 rings (SSSR count). The number of morpholine rings is 1. The number of carboxylic acid groups (broad SMARTS) is 1. The van der Waals surface area contributed by atoms with E-state index in [-0.39, 0.29) is 18.2 Å². The molecule has 2 fully saturated rings. The van der Waals surface area contributed by atoms with Crippen LogP contribution in [0.15, 0.2) is 72.8 Å². The highest BCUT2D eigenvalue weighted by Crippen LogP contribution is 2.48. The molecule has 1 saturated carbocycles. The maximum atomic E-state index is 14.0. The van der Waals surface area contributed by atoms with Gasteiger partial charge in [0.2, 0.25) is 0 Å². The standard InChI is InChI=1S/C28H24Cl2FNO4/c29-20-10-8-17(9-11-20)24-26(19-2-1-3-21(30)15-19)36-23(14-16-4-12-22(31)13-5-16)27(33)32(24)25(28(34)35)18-6-7-18/h1-5,8-13,15,18,23-26H,6-7,14H2,(H,34,35)/t23-,24+,25-,26-/m1/s1. The Bertz CT molecular complexity index is 1260. The molecule has 0 aromatic heterocycles. The van der Waals surface area contributed by atoms with Crippen molar-refractivity contribution in [2.24, 2.45) is 5.92 Å². The van der Waals surface area contributed by atoms with Gasteiger partial charge in [0.25, 0.3) is 5.91 Å². The van der Waals surface area contributed by atoms with Crippen LogP contribution in [0, 0.1) is 11.7 Å². The molecule has 3 aromatic rings. The number of hydrogen-bond acceptors (Lipinski definition) is 3. The molecule has 0 radical (unpaired) electrons. The Morgan fingerprint density at radius 2 is 1.69 bits per heavy atom. The largest absolute Gasteiger partial charge is 0.480 e. The third-order valence-electron chi connectivity index (χ3n) is 6.77. The molecule has 36 heavy (non-hydrogen) atoms. The predicted molar refractivity (Wildman–Crippen MR) is 134 cm³/mol. The van der Waals surface area contributed by atoms with E-state index in [9.17, 15) is 19.1 Å². The summed E-state index contributed by atoms with van der Waals surface area (Å²) in [5.41, 5.74) is 2.15. The lowest BCUT2D eigenvalue weighted by Gasteiger charge is -2.47. The number of carboxylic acids is 1. The zero-order chi connectivity index (χ0) is 25.4. The summed E-state index contributed by atoms with van der Waals surface area (Å²) in [4.78, 5) is 28.0. The van der Waals surface area contributed by atoms with Crippen molar-refractivity contribution in [3.8, 4) is 0 Å². The highest BCUT2D eigenvalue weighted by Gasteiger charge is 2.52. The Morgan fingerprint density at radius 1 is 1.00 bits per heavy atom. The van der Waals surface area contributed by atoms with Gasteiger partial charge in [-0.1, -0.05) is 59.6 Å². The molecular weight excluding hydrogens is 504 g/mol. The maximum absolute atomic E-state index is 14.0. The number of aliphatic carboxylic acids is 1. The van der Waals surface area contributed by atoms with E-state index in [0.717, 1.165) is 18.4 Å². The predicted octanol–water partition coefficient (Wildman–Crippen LogP) is 6.25. The van der Waals surface area contributed by atoms with Crippen molar-refractivity contribution < 1.29 is 23.8 Å². The van der Waals surface area contributed by atoms with E-state index in [2.05, 4.69) is 0 Å². The number of nitrogens with zero attached hydrogens (tertiary/aromatic N) is 1. The Morgan fingerprint density at radius 3 is 2.31 bits per heavy atom. The average molecular weight is 528 g/mol. The van der Waals surface area contributed by atoms with Gasteiger partial charge in [0.1, 0.15) is 24.1 Å². The van der Waals surface area contributed by atoms with E-state index < -0.39 is 36.2 Å². The van der Waals surface area contributed by atoms with Gasteiger partial charge in [0, 0.05) is 16.5 Å². The molecular formula is C28H24Cl2FNO4. The molecule has 8 heteroatoms. The van der Waals surface area contributed by atoms with Gasteiger partial charge in [-0.25, -0.2) is 9.18 Å². The molecule has 1 heterocycles.